The van der Waals surface area contributed by atoms with E-state index in [9.17, 15) is 4.79 Å². The predicted molar refractivity (Wildman–Crippen MR) is 65.2 cm³/mol. The maximum absolute atomic E-state index is 11.7. The first-order valence-electron chi connectivity index (χ1n) is 6.27. The van der Waals surface area contributed by atoms with E-state index in [2.05, 4.69) is 12.2 Å². The van der Waals surface area contributed by atoms with Gasteiger partial charge in [-0.3, -0.25) is 4.79 Å². The molecule has 0 radical (unpaired) electrons. The molecule has 3 heteroatoms. The number of carbonyl (C=O) groups is 1. The quantitative estimate of drug-likeness (QED) is 0.733. The van der Waals surface area contributed by atoms with Crippen LogP contribution >= 0.6 is 0 Å². The summed E-state index contributed by atoms with van der Waals surface area (Å²) >= 11 is 0. The lowest BCUT2D eigenvalue weighted by molar-refractivity contribution is -0.157. The zero-order valence-electron chi connectivity index (χ0n) is 11.2. The van der Waals surface area contributed by atoms with Crippen molar-refractivity contribution in [2.24, 2.45) is 5.92 Å². The number of nitrogens with one attached hydrogen (secondary N) is 1. The van der Waals surface area contributed by atoms with Crippen LogP contribution in [0.1, 0.15) is 53.9 Å². The molecule has 1 saturated carbocycles. The molecule has 0 bridgehead atoms. The Kier molecular flexibility index (Phi) is 4.36. The molecule has 0 aromatic carbocycles. The number of rotatable bonds is 5. The Morgan fingerprint density at radius 2 is 1.94 bits per heavy atom. The summed E-state index contributed by atoms with van der Waals surface area (Å²) in [5.74, 6) is 0.725. The van der Waals surface area contributed by atoms with Gasteiger partial charge in [-0.1, -0.05) is 12.8 Å². The van der Waals surface area contributed by atoms with Gasteiger partial charge in [0.05, 0.1) is 0 Å². The van der Waals surface area contributed by atoms with Crippen molar-refractivity contribution in [2.45, 2.75) is 71.6 Å². The van der Waals surface area contributed by atoms with E-state index in [1.165, 1.54) is 19.3 Å². The second-order valence-corrected chi connectivity index (χ2v) is 6.00. The highest BCUT2D eigenvalue weighted by atomic mass is 16.6. The molecule has 0 spiro atoms. The summed E-state index contributed by atoms with van der Waals surface area (Å²) in [6, 6.07) is 0.183. The molecule has 3 nitrogen and oxygen atoms in total. The summed E-state index contributed by atoms with van der Waals surface area (Å²) in [5.41, 5.74) is -0.396. The number of hydrogen-bond acceptors (Lipinski definition) is 3. The highest BCUT2D eigenvalue weighted by molar-refractivity contribution is 5.75. The Balaban J connectivity index is 2.26. The van der Waals surface area contributed by atoms with E-state index in [4.69, 9.17) is 4.74 Å². The van der Waals surface area contributed by atoms with Crippen LogP contribution in [0.5, 0.6) is 0 Å². The molecule has 2 unspecified atom stereocenters. The second-order valence-electron chi connectivity index (χ2n) is 6.00. The number of carbonyl (C=O) groups excluding carboxylic acids is 1. The average Bonchev–Trinajstić information content (AvgIpc) is 2.84. The van der Waals surface area contributed by atoms with Crippen molar-refractivity contribution in [3.05, 3.63) is 0 Å². The molecule has 0 aromatic heterocycles. The first-order chi connectivity index (χ1) is 7.28. The van der Waals surface area contributed by atoms with Gasteiger partial charge in [-0.25, -0.2) is 0 Å². The standard InChI is InChI=1S/C13H25NO2/c1-9(8-11-6-7-11)14-10(2)12(15)16-13(3,4)5/h9-11,14H,6-8H2,1-5H3. The van der Waals surface area contributed by atoms with Crippen LogP contribution in [0.4, 0.5) is 0 Å². The molecule has 16 heavy (non-hydrogen) atoms. The number of ether oxygens (including phenoxy) is 1. The monoisotopic (exact) mass is 227 g/mol. The third kappa shape index (κ3) is 5.50. The van der Waals surface area contributed by atoms with E-state index in [1.807, 2.05) is 27.7 Å². The van der Waals surface area contributed by atoms with Crippen LogP contribution in [0.15, 0.2) is 0 Å². The highest BCUT2D eigenvalue weighted by Crippen LogP contribution is 2.33. The van der Waals surface area contributed by atoms with Crippen molar-refractivity contribution in [1.29, 1.82) is 0 Å². The molecule has 0 heterocycles. The Labute approximate surface area is 98.9 Å². The predicted octanol–water partition coefficient (Wildman–Crippen LogP) is 2.49. The van der Waals surface area contributed by atoms with E-state index in [-0.39, 0.29) is 12.0 Å². The summed E-state index contributed by atoms with van der Waals surface area (Å²) in [4.78, 5) is 11.7. The Hall–Kier alpha value is -0.570. The molecule has 94 valence electrons. The normalized spacial score (nSPS) is 20.3. The lowest BCUT2D eigenvalue weighted by atomic mass is 10.1. The van der Waals surface area contributed by atoms with Gasteiger partial charge in [0.2, 0.25) is 0 Å². The van der Waals surface area contributed by atoms with E-state index in [0.717, 1.165) is 5.92 Å². The van der Waals surface area contributed by atoms with Gasteiger partial charge in [0.1, 0.15) is 11.6 Å². The zero-order chi connectivity index (χ0) is 12.3. The van der Waals surface area contributed by atoms with Gasteiger partial charge >= 0.3 is 5.97 Å². The molecule has 1 aliphatic carbocycles. The third-order valence-electron chi connectivity index (χ3n) is 2.68. The van der Waals surface area contributed by atoms with Crippen LogP contribution in [-0.2, 0) is 9.53 Å². The summed E-state index contributed by atoms with van der Waals surface area (Å²) < 4.78 is 5.32. The summed E-state index contributed by atoms with van der Waals surface area (Å²) in [7, 11) is 0. The molecule has 0 aliphatic heterocycles. The largest absolute Gasteiger partial charge is 0.459 e. The van der Waals surface area contributed by atoms with Crippen LogP contribution in [0.2, 0.25) is 0 Å². The minimum atomic E-state index is -0.396. The molecule has 1 fully saturated rings. The number of esters is 1. The fourth-order valence-electron chi connectivity index (χ4n) is 1.81. The van der Waals surface area contributed by atoms with Crippen molar-refractivity contribution in [1.82, 2.24) is 5.32 Å². The Morgan fingerprint density at radius 3 is 2.38 bits per heavy atom. The Morgan fingerprint density at radius 1 is 1.38 bits per heavy atom. The first-order valence-corrected chi connectivity index (χ1v) is 6.27. The van der Waals surface area contributed by atoms with Crippen molar-refractivity contribution >= 4 is 5.97 Å². The van der Waals surface area contributed by atoms with E-state index >= 15 is 0 Å². The molecule has 1 rings (SSSR count). The molecule has 0 aromatic rings. The Bertz CT molecular complexity index is 241. The van der Waals surface area contributed by atoms with Gasteiger partial charge in [-0.05, 0) is 47.0 Å². The van der Waals surface area contributed by atoms with Crippen molar-refractivity contribution in [2.75, 3.05) is 0 Å². The van der Waals surface area contributed by atoms with E-state index in [1.54, 1.807) is 0 Å². The minimum absolute atomic E-state index is 0.157. The number of hydrogen-bond donors (Lipinski definition) is 1. The molecule has 0 amide bonds. The highest BCUT2D eigenvalue weighted by Gasteiger charge is 2.26. The molecule has 1 N–H and O–H groups in total. The smallest absolute Gasteiger partial charge is 0.323 e. The van der Waals surface area contributed by atoms with Gasteiger partial charge in [0.25, 0.3) is 0 Å². The van der Waals surface area contributed by atoms with Gasteiger partial charge in [0, 0.05) is 6.04 Å². The topological polar surface area (TPSA) is 38.3 Å². The maximum Gasteiger partial charge on any atom is 0.323 e. The van der Waals surface area contributed by atoms with Crippen LogP contribution in [0.3, 0.4) is 0 Å². The molecular weight excluding hydrogens is 202 g/mol. The molecular formula is C13H25NO2. The fraction of sp³-hybridized carbons (Fsp3) is 0.923. The maximum atomic E-state index is 11.7. The van der Waals surface area contributed by atoms with Gasteiger partial charge in [-0.15, -0.1) is 0 Å². The van der Waals surface area contributed by atoms with Crippen molar-refractivity contribution in [3.8, 4) is 0 Å². The SMILES string of the molecule is CC(CC1CC1)NC(C)C(=O)OC(C)(C)C. The van der Waals surface area contributed by atoms with Crippen molar-refractivity contribution < 1.29 is 9.53 Å². The average molecular weight is 227 g/mol. The van der Waals surface area contributed by atoms with Gasteiger partial charge < -0.3 is 10.1 Å². The second kappa shape index (κ2) is 5.17. The summed E-state index contributed by atoms with van der Waals surface area (Å²) in [6.45, 7) is 9.69. The van der Waals surface area contributed by atoms with Gasteiger partial charge in [0.15, 0.2) is 0 Å². The van der Waals surface area contributed by atoms with Crippen molar-refractivity contribution in [3.63, 3.8) is 0 Å². The fourth-order valence-corrected chi connectivity index (χ4v) is 1.81. The lowest BCUT2D eigenvalue weighted by Crippen LogP contribution is -2.43. The third-order valence-corrected chi connectivity index (χ3v) is 2.68. The van der Waals surface area contributed by atoms with Gasteiger partial charge in [-0.2, -0.15) is 0 Å². The van der Waals surface area contributed by atoms with Crippen LogP contribution < -0.4 is 5.32 Å². The molecule has 1 aliphatic rings. The summed E-state index contributed by atoms with van der Waals surface area (Å²) in [6.07, 6.45) is 3.88. The van der Waals surface area contributed by atoms with Crippen LogP contribution in [-0.4, -0.2) is 23.7 Å². The minimum Gasteiger partial charge on any atom is -0.459 e. The van der Waals surface area contributed by atoms with Crippen LogP contribution in [0.25, 0.3) is 0 Å². The molecule has 2 atom stereocenters. The van der Waals surface area contributed by atoms with Crippen LogP contribution in [0, 0.1) is 5.92 Å². The zero-order valence-corrected chi connectivity index (χ0v) is 11.2. The molecule has 0 saturated heterocycles. The summed E-state index contributed by atoms with van der Waals surface area (Å²) in [5, 5.41) is 3.30. The van der Waals surface area contributed by atoms with E-state index < -0.39 is 5.60 Å². The first kappa shape index (κ1) is 13.5. The van der Waals surface area contributed by atoms with E-state index in [0.29, 0.717) is 6.04 Å². The lowest BCUT2D eigenvalue weighted by Gasteiger charge is -2.24.